The molecule has 19 heavy (non-hydrogen) atoms. The molecule has 1 N–H and O–H groups in total. The normalized spacial score (nSPS) is 18.5. The minimum atomic E-state index is 0.478. The average Bonchev–Trinajstić information content (AvgIpc) is 2.44. The molecule has 0 heterocycles. The number of hydrogen-bond acceptors (Lipinski definition) is 1. The summed E-state index contributed by atoms with van der Waals surface area (Å²) in [5.74, 6) is 0.771. The molecule has 0 amide bonds. The number of halogens is 2. The first kappa shape index (κ1) is 15.6. The molecule has 1 nitrogen and oxygen atoms in total. The Morgan fingerprint density at radius 3 is 2.74 bits per heavy atom. The van der Waals surface area contributed by atoms with Crippen LogP contribution in [0.1, 0.15) is 57.1 Å². The van der Waals surface area contributed by atoms with Crippen LogP contribution in [-0.4, -0.2) is 6.54 Å². The summed E-state index contributed by atoms with van der Waals surface area (Å²) in [5.41, 5.74) is 1.40. The van der Waals surface area contributed by atoms with Gasteiger partial charge < -0.3 is 5.32 Å². The lowest BCUT2D eigenvalue weighted by molar-refractivity contribution is 0.271. The van der Waals surface area contributed by atoms with Crippen molar-refractivity contribution in [2.75, 3.05) is 6.54 Å². The largest absolute Gasteiger partial charge is 0.310 e. The molecule has 1 aliphatic rings. The van der Waals surface area contributed by atoms with Crippen LogP contribution in [0.15, 0.2) is 18.2 Å². The van der Waals surface area contributed by atoms with Gasteiger partial charge in [0.05, 0.1) is 0 Å². The maximum Gasteiger partial charge on any atom is 0.0410 e. The summed E-state index contributed by atoms with van der Waals surface area (Å²) in [5, 5.41) is 4.62. The molecule has 1 aromatic carbocycles. The van der Waals surface area contributed by atoms with Crippen molar-refractivity contribution in [3.05, 3.63) is 32.4 Å². The Morgan fingerprint density at radius 2 is 2.05 bits per heavy atom. The molecule has 1 aromatic rings. The third-order valence-electron chi connectivity index (χ3n) is 4.03. The standard InChI is InChI=1S/C16H23ClIN/c1-2-10-19-16(12-6-4-3-5-7-12)14-11-13(17)8-9-15(14)18/h8-9,11-12,16,19H,2-7,10H2,1H3. The summed E-state index contributed by atoms with van der Waals surface area (Å²) in [6, 6.07) is 6.77. The number of hydrogen-bond donors (Lipinski definition) is 1. The van der Waals surface area contributed by atoms with E-state index in [0.717, 1.165) is 17.5 Å². The van der Waals surface area contributed by atoms with Gasteiger partial charge in [-0.2, -0.15) is 0 Å². The van der Waals surface area contributed by atoms with Crippen LogP contribution in [0.25, 0.3) is 0 Å². The van der Waals surface area contributed by atoms with Gasteiger partial charge in [-0.1, -0.05) is 37.8 Å². The second kappa shape index (κ2) is 7.84. The first-order chi connectivity index (χ1) is 9.22. The van der Waals surface area contributed by atoms with Gasteiger partial charge >= 0.3 is 0 Å². The monoisotopic (exact) mass is 391 g/mol. The molecule has 1 aliphatic carbocycles. The Balaban J connectivity index is 2.22. The smallest absolute Gasteiger partial charge is 0.0410 e. The first-order valence-corrected chi connectivity index (χ1v) is 8.86. The maximum atomic E-state index is 6.20. The minimum absolute atomic E-state index is 0.478. The van der Waals surface area contributed by atoms with E-state index in [-0.39, 0.29) is 0 Å². The lowest BCUT2D eigenvalue weighted by Crippen LogP contribution is -2.31. The Labute approximate surface area is 135 Å². The second-order valence-corrected chi connectivity index (χ2v) is 7.09. The van der Waals surface area contributed by atoms with Gasteiger partial charge in [-0.05, 0) is 78.1 Å². The van der Waals surface area contributed by atoms with E-state index in [2.05, 4.69) is 47.0 Å². The third-order valence-corrected chi connectivity index (χ3v) is 5.25. The molecule has 106 valence electrons. The summed E-state index contributed by atoms with van der Waals surface area (Å²) >= 11 is 8.64. The zero-order valence-corrected chi connectivity index (χ0v) is 14.5. The molecule has 1 unspecified atom stereocenters. The third kappa shape index (κ3) is 4.33. The minimum Gasteiger partial charge on any atom is -0.310 e. The predicted octanol–water partition coefficient (Wildman–Crippen LogP) is 5.57. The molecule has 3 heteroatoms. The van der Waals surface area contributed by atoms with Crippen molar-refractivity contribution in [3.63, 3.8) is 0 Å². The van der Waals surface area contributed by atoms with Crippen molar-refractivity contribution in [1.29, 1.82) is 0 Å². The molecule has 0 spiro atoms. The lowest BCUT2D eigenvalue weighted by atomic mass is 9.81. The molecule has 1 fully saturated rings. The molecule has 2 rings (SSSR count). The second-order valence-electron chi connectivity index (χ2n) is 5.50. The van der Waals surface area contributed by atoms with Crippen molar-refractivity contribution in [2.24, 2.45) is 5.92 Å². The van der Waals surface area contributed by atoms with Gasteiger partial charge in [0.2, 0.25) is 0 Å². The number of rotatable bonds is 5. The van der Waals surface area contributed by atoms with E-state index in [4.69, 9.17) is 11.6 Å². The quantitative estimate of drug-likeness (QED) is 0.647. The number of nitrogens with one attached hydrogen (secondary N) is 1. The molecule has 0 aromatic heterocycles. The van der Waals surface area contributed by atoms with Gasteiger partial charge in [0.1, 0.15) is 0 Å². The summed E-state index contributed by atoms with van der Waals surface area (Å²) < 4.78 is 1.33. The molecule has 1 atom stereocenters. The Hall–Kier alpha value is 0.200. The summed E-state index contributed by atoms with van der Waals surface area (Å²) in [7, 11) is 0. The van der Waals surface area contributed by atoms with E-state index in [1.807, 2.05) is 6.07 Å². The fourth-order valence-electron chi connectivity index (χ4n) is 3.05. The van der Waals surface area contributed by atoms with Crippen LogP contribution < -0.4 is 5.32 Å². The molecular weight excluding hydrogens is 369 g/mol. The Bertz CT molecular complexity index is 402. The topological polar surface area (TPSA) is 12.0 Å². The predicted molar refractivity (Wildman–Crippen MR) is 91.8 cm³/mol. The number of benzene rings is 1. The zero-order valence-electron chi connectivity index (χ0n) is 11.6. The van der Waals surface area contributed by atoms with Crippen molar-refractivity contribution < 1.29 is 0 Å². The van der Waals surface area contributed by atoms with Crippen LogP contribution in [0.4, 0.5) is 0 Å². The van der Waals surface area contributed by atoms with E-state index >= 15 is 0 Å². The van der Waals surface area contributed by atoms with Crippen LogP contribution in [0.5, 0.6) is 0 Å². The van der Waals surface area contributed by atoms with Crippen molar-refractivity contribution in [1.82, 2.24) is 5.32 Å². The van der Waals surface area contributed by atoms with Gasteiger partial charge in [0.15, 0.2) is 0 Å². The Kier molecular flexibility index (Phi) is 6.43. The van der Waals surface area contributed by atoms with E-state index in [9.17, 15) is 0 Å². The maximum absolute atomic E-state index is 6.20. The zero-order chi connectivity index (χ0) is 13.7. The summed E-state index contributed by atoms with van der Waals surface area (Å²) in [6.07, 6.45) is 8.05. The van der Waals surface area contributed by atoms with Gasteiger partial charge in [-0.15, -0.1) is 0 Å². The molecule has 0 radical (unpaired) electrons. The van der Waals surface area contributed by atoms with Gasteiger partial charge in [0.25, 0.3) is 0 Å². The summed E-state index contributed by atoms with van der Waals surface area (Å²) in [4.78, 5) is 0. The van der Waals surface area contributed by atoms with E-state index in [1.165, 1.54) is 47.7 Å². The Morgan fingerprint density at radius 1 is 1.32 bits per heavy atom. The van der Waals surface area contributed by atoms with E-state index in [1.54, 1.807) is 0 Å². The molecule has 0 saturated heterocycles. The van der Waals surface area contributed by atoms with Gasteiger partial charge in [-0.3, -0.25) is 0 Å². The molecular formula is C16H23ClIN. The van der Waals surface area contributed by atoms with E-state index < -0.39 is 0 Å². The molecule has 0 bridgehead atoms. The summed E-state index contributed by atoms with van der Waals surface area (Å²) in [6.45, 7) is 3.32. The van der Waals surface area contributed by atoms with Gasteiger partial charge in [0, 0.05) is 14.6 Å². The van der Waals surface area contributed by atoms with Crippen LogP contribution in [-0.2, 0) is 0 Å². The van der Waals surface area contributed by atoms with Crippen molar-refractivity contribution in [2.45, 2.75) is 51.5 Å². The van der Waals surface area contributed by atoms with E-state index in [0.29, 0.717) is 6.04 Å². The van der Waals surface area contributed by atoms with Gasteiger partial charge in [-0.25, -0.2) is 0 Å². The van der Waals surface area contributed by atoms with Crippen LogP contribution >= 0.6 is 34.2 Å². The highest BCUT2D eigenvalue weighted by molar-refractivity contribution is 14.1. The first-order valence-electron chi connectivity index (χ1n) is 7.40. The van der Waals surface area contributed by atoms with Crippen LogP contribution in [0.2, 0.25) is 5.02 Å². The molecule has 1 saturated carbocycles. The van der Waals surface area contributed by atoms with Crippen molar-refractivity contribution in [3.8, 4) is 0 Å². The highest BCUT2D eigenvalue weighted by Gasteiger charge is 2.26. The SMILES string of the molecule is CCCNC(c1cc(Cl)ccc1I)C1CCCCC1. The highest BCUT2D eigenvalue weighted by atomic mass is 127. The average molecular weight is 392 g/mol. The fourth-order valence-corrected chi connectivity index (χ4v) is 3.90. The highest BCUT2D eigenvalue weighted by Crippen LogP contribution is 2.36. The van der Waals surface area contributed by atoms with Crippen LogP contribution in [0, 0.1) is 9.49 Å². The van der Waals surface area contributed by atoms with Crippen LogP contribution in [0.3, 0.4) is 0 Å². The van der Waals surface area contributed by atoms with Crippen molar-refractivity contribution >= 4 is 34.2 Å². The molecule has 0 aliphatic heterocycles. The lowest BCUT2D eigenvalue weighted by Gasteiger charge is -2.32. The fraction of sp³-hybridized carbons (Fsp3) is 0.625.